The summed E-state index contributed by atoms with van der Waals surface area (Å²) in [5, 5.41) is 12.7. The zero-order valence-corrected chi connectivity index (χ0v) is 12.8. The van der Waals surface area contributed by atoms with Gasteiger partial charge in [0.15, 0.2) is 0 Å². The van der Waals surface area contributed by atoms with E-state index in [1.165, 1.54) is 0 Å². The Morgan fingerprint density at radius 2 is 1.95 bits per heavy atom. The largest absolute Gasteiger partial charge is 0.387 e. The zero-order chi connectivity index (χ0) is 14.5. The third kappa shape index (κ3) is 5.12. The van der Waals surface area contributed by atoms with Gasteiger partial charge >= 0.3 is 0 Å². The van der Waals surface area contributed by atoms with E-state index < -0.39 is 5.60 Å². The summed E-state index contributed by atoms with van der Waals surface area (Å²) in [6, 6.07) is 7.37. The molecule has 1 atom stereocenters. The fraction of sp³-hybridized carbons (Fsp3) is 0.500. The predicted molar refractivity (Wildman–Crippen MR) is 82.1 cm³/mol. The van der Waals surface area contributed by atoms with Crippen LogP contribution in [0.25, 0.3) is 0 Å². The number of anilines is 1. The van der Waals surface area contributed by atoms with Crippen LogP contribution in [0.2, 0.25) is 0 Å². The molecule has 0 bridgehead atoms. The number of hydrogen-bond donors (Lipinski definition) is 2. The Morgan fingerprint density at radius 3 is 2.42 bits per heavy atom. The highest BCUT2D eigenvalue weighted by Gasteiger charge is 2.20. The maximum Gasteiger partial charge on any atom is 0.251 e. The molecule has 0 saturated carbocycles. The summed E-state index contributed by atoms with van der Waals surface area (Å²) in [7, 11) is 3.91. The molecule has 0 heterocycles. The van der Waals surface area contributed by atoms with Gasteiger partial charge in [0.1, 0.15) is 0 Å². The van der Waals surface area contributed by atoms with Gasteiger partial charge in [0.05, 0.1) is 5.60 Å². The van der Waals surface area contributed by atoms with Gasteiger partial charge in [-0.25, -0.2) is 0 Å². The van der Waals surface area contributed by atoms with E-state index in [-0.39, 0.29) is 12.5 Å². The molecule has 4 nitrogen and oxygen atoms in total. The number of rotatable bonds is 6. The van der Waals surface area contributed by atoms with E-state index in [4.69, 9.17) is 0 Å². The first-order chi connectivity index (χ1) is 8.85. The van der Waals surface area contributed by atoms with E-state index in [0.717, 1.165) is 5.69 Å². The Labute approximate surface area is 119 Å². The van der Waals surface area contributed by atoms with Crippen molar-refractivity contribution in [3.05, 3.63) is 29.8 Å². The maximum atomic E-state index is 11.9. The Balaban J connectivity index is 2.59. The van der Waals surface area contributed by atoms with Crippen molar-refractivity contribution in [3.63, 3.8) is 0 Å². The predicted octanol–water partition coefficient (Wildman–Crippen LogP) is 1.60. The van der Waals surface area contributed by atoms with E-state index in [2.05, 4.69) is 5.32 Å². The molecule has 0 saturated heterocycles. The molecule has 0 aliphatic heterocycles. The second-order valence-electron chi connectivity index (χ2n) is 5.05. The Hall–Kier alpha value is -1.20. The van der Waals surface area contributed by atoms with E-state index in [9.17, 15) is 9.90 Å². The molecule has 0 spiro atoms. The molecule has 106 valence electrons. The number of hydrogen-bond acceptors (Lipinski definition) is 4. The van der Waals surface area contributed by atoms with Gasteiger partial charge in [-0.15, -0.1) is 0 Å². The molecule has 0 aliphatic carbocycles. The summed E-state index contributed by atoms with van der Waals surface area (Å²) < 4.78 is 0. The molecule has 1 aromatic rings. The van der Waals surface area contributed by atoms with Crippen molar-refractivity contribution in [1.29, 1.82) is 0 Å². The molecule has 5 heteroatoms. The second-order valence-corrected chi connectivity index (χ2v) is 5.92. The fourth-order valence-electron chi connectivity index (χ4n) is 1.65. The lowest BCUT2D eigenvalue weighted by Gasteiger charge is -2.22. The summed E-state index contributed by atoms with van der Waals surface area (Å²) in [6.07, 6.45) is 1.93. The monoisotopic (exact) mass is 282 g/mol. The normalized spacial score (nSPS) is 13.7. The van der Waals surface area contributed by atoms with Crippen molar-refractivity contribution in [2.75, 3.05) is 37.5 Å². The highest BCUT2D eigenvalue weighted by molar-refractivity contribution is 7.98. The van der Waals surface area contributed by atoms with Gasteiger partial charge in [-0.2, -0.15) is 11.8 Å². The molecule has 0 aliphatic rings. The lowest BCUT2D eigenvalue weighted by molar-refractivity contribution is 0.0725. The summed E-state index contributed by atoms with van der Waals surface area (Å²) in [6.45, 7) is 1.97. The Kier molecular flexibility index (Phi) is 5.69. The van der Waals surface area contributed by atoms with Crippen LogP contribution in [0.5, 0.6) is 0 Å². The number of carbonyl (C=O) groups excluding carboxylic acids is 1. The second kappa shape index (κ2) is 6.82. The van der Waals surface area contributed by atoms with Gasteiger partial charge in [-0.3, -0.25) is 4.79 Å². The number of amides is 1. The number of thioether (sulfide) groups is 1. The first-order valence-corrected chi connectivity index (χ1v) is 7.52. The number of nitrogens with one attached hydrogen (secondary N) is 1. The average molecular weight is 282 g/mol. The molecular weight excluding hydrogens is 260 g/mol. The molecule has 0 aromatic heterocycles. The molecule has 1 aromatic carbocycles. The van der Waals surface area contributed by atoms with Crippen molar-refractivity contribution in [2.24, 2.45) is 0 Å². The molecular formula is C14H22N2O2S. The molecule has 19 heavy (non-hydrogen) atoms. The van der Waals surface area contributed by atoms with Crippen LogP contribution in [-0.2, 0) is 0 Å². The van der Waals surface area contributed by atoms with Crippen molar-refractivity contribution >= 4 is 23.4 Å². The summed E-state index contributed by atoms with van der Waals surface area (Å²) in [5.41, 5.74) is 0.773. The smallest absolute Gasteiger partial charge is 0.251 e. The fourth-order valence-corrected chi connectivity index (χ4v) is 2.37. The van der Waals surface area contributed by atoms with Crippen LogP contribution in [0, 0.1) is 0 Å². The van der Waals surface area contributed by atoms with Gasteiger partial charge in [-0.05, 0) is 37.4 Å². The van der Waals surface area contributed by atoms with E-state index >= 15 is 0 Å². The standard InChI is InChI=1S/C14H22N2O2S/c1-14(18,10-19-4)9-15-13(17)11-5-7-12(8-6-11)16(2)3/h5-8,18H,9-10H2,1-4H3,(H,15,17)/t14-/m0/s1. The highest BCUT2D eigenvalue weighted by Crippen LogP contribution is 2.13. The maximum absolute atomic E-state index is 11.9. The van der Waals surface area contributed by atoms with Gasteiger partial charge in [-0.1, -0.05) is 0 Å². The quantitative estimate of drug-likeness (QED) is 0.832. The van der Waals surface area contributed by atoms with Gasteiger partial charge in [0.25, 0.3) is 5.91 Å². The minimum atomic E-state index is -0.876. The molecule has 0 unspecified atom stereocenters. The first kappa shape index (κ1) is 15.9. The molecule has 1 amide bonds. The van der Waals surface area contributed by atoms with Crippen molar-refractivity contribution < 1.29 is 9.90 Å². The van der Waals surface area contributed by atoms with E-state index in [1.54, 1.807) is 30.8 Å². The van der Waals surface area contributed by atoms with Crippen LogP contribution >= 0.6 is 11.8 Å². The van der Waals surface area contributed by atoms with Gasteiger partial charge < -0.3 is 15.3 Å². The van der Waals surface area contributed by atoms with Crippen LogP contribution in [0.1, 0.15) is 17.3 Å². The van der Waals surface area contributed by atoms with Crippen LogP contribution in [-0.4, -0.2) is 49.3 Å². The van der Waals surface area contributed by atoms with Crippen molar-refractivity contribution in [3.8, 4) is 0 Å². The number of carbonyl (C=O) groups is 1. The van der Waals surface area contributed by atoms with Gasteiger partial charge in [0.2, 0.25) is 0 Å². The van der Waals surface area contributed by atoms with Crippen molar-refractivity contribution in [1.82, 2.24) is 5.32 Å². The van der Waals surface area contributed by atoms with Crippen LogP contribution in [0.15, 0.2) is 24.3 Å². The molecule has 0 fully saturated rings. The highest BCUT2D eigenvalue weighted by atomic mass is 32.2. The van der Waals surface area contributed by atoms with Crippen LogP contribution in [0.3, 0.4) is 0 Å². The van der Waals surface area contributed by atoms with Crippen LogP contribution < -0.4 is 10.2 Å². The summed E-state index contributed by atoms with van der Waals surface area (Å²) in [5.74, 6) is 0.430. The SMILES string of the molecule is CSC[C@@](C)(O)CNC(=O)c1ccc(N(C)C)cc1. The van der Waals surface area contributed by atoms with E-state index in [0.29, 0.717) is 11.3 Å². The average Bonchev–Trinajstić information content (AvgIpc) is 2.36. The molecule has 0 radical (unpaired) electrons. The zero-order valence-electron chi connectivity index (χ0n) is 11.9. The topological polar surface area (TPSA) is 52.6 Å². The third-order valence-electron chi connectivity index (χ3n) is 2.73. The minimum Gasteiger partial charge on any atom is -0.387 e. The van der Waals surface area contributed by atoms with Crippen LogP contribution in [0.4, 0.5) is 5.69 Å². The summed E-state index contributed by atoms with van der Waals surface area (Å²) >= 11 is 1.55. The first-order valence-electron chi connectivity index (χ1n) is 6.12. The van der Waals surface area contributed by atoms with E-state index in [1.807, 2.05) is 37.4 Å². The number of nitrogens with zero attached hydrogens (tertiary/aromatic N) is 1. The number of aliphatic hydroxyl groups is 1. The summed E-state index contributed by atoms with van der Waals surface area (Å²) in [4.78, 5) is 13.9. The Bertz CT molecular complexity index is 416. The molecule has 1 rings (SSSR count). The lowest BCUT2D eigenvalue weighted by Crippen LogP contribution is -2.42. The number of benzene rings is 1. The minimum absolute atomic E-state index is 0.160. The lowest BCUT2D eigenvalue weighted by atomic mass is 10.1. The molecule has 2 N–H and O–H groups in total. The van der Waals surface area contributed by atoms with Gasteiger partial charge in [0, 0.05) is 37.6 Å². The van der Waals surface area contributed by atoms with Crippen molar-refractivity contribution in [2.45, 2.75) is 12.5 Å². The third-order valence-corrected chi connectivity index (χ3v) is 3.64. The Morgan fingerprint density at radius 1 is 1.37 bits per heavy atom.